The van der Waals surface area contributed by atoms with E-state index in [1.54, 1.807) is 0 Å². The number of hydrogen-bond donors (Lipinski definition) is 1. The van der Waals surface area contributed by atoms with Crippen molar-refractivity contribution in [1.29, 1.82) is 0 Å². The lowest BCUT2D eigenvalue weighted by atomic mass is 10.1. The first-order valence-corrected chi connectivity index (χ1v) is 7.75. The predicted octanol–water partition coefficient (Wildman–Crippen LogP) is 2.19. The van der Waals surface area contributed by atoms with Gasteiger partial charge in [-0.15, -0.1) is 0 Å². The summed E-state index contributed by atoms with van der Waals surface area (Å²) in [6, 6.07) is 0.248. The summed E-state index contributed by atoms with van der Waals surface area (Å²) in [5.74, 6) is 0. The van der Waals surface area contributed by atoms with E-state index in [1.807, 2.05) is 13.8 Å². The maximum Gasteiger partial charge on any atom is 0.324 e. The fourth-order valence-electron chi connectivity index (χ4n) is 1.86. The van der Waals surface area contributed by atoms with Crippen LogP contribution in [0.5, 0.6) is 0 Å². The molecular formula is C11H27NO2Si. The Bertz CT molecular complexity index is 139. The molecule has 0 heterocycles. The summed E-state index contributed by atoms with van der Waals surface area (Å²) in [5.41, 5.74) is 6.43. The third kappa shape index (κ3) is 7.06. The largest absolute Gasteiger partial charge is 0.397 e. The molecule has 15 heavy (non-hydrogen) atoms. The van der Waals surface area contributed by atoms with Crippen molar-refractivity contribution >= 4 is 9.28 Å². The number of rotatable bonds is 9. The quantitative estimate of drug-likeness (QED) is 0.621. The lowest BCUT2D eigenvalue weighted by Gasteiger charge is -2.25. The molecule has 0 aliphatic carbocycles. The zero-order valence-electron chi connectivity index (χ0n) is 10.7. The van der Waals surface area contributed by atoms with Crippen LogP contribution < -0.4 is 5.73 Å². The summed E-state index contributed by atoms with van der Waals surface area (Å²) in [6.07, 6.45) is 3.39. The first-order chi connectivity index (χ1) is 7.15. The zero-order valence-corrected chi connectivity index (χ0v) is 11.8. The molecule has 2 unspecified atom stereocenters. The standard InChI is InChI=1S/C11H27NO2Si/c1-5-8-11(9-10(4)12)15(13-6-2)14-7-3/h10-11,15H,5-9,12H2,1-4H3. The van der Waals surface area contributed by atoms with E-state index in [0.717, 1.165) is 19.6 Å². The van der Waals surface area contributed by atoms with Crippen LogP contribution in [0.2, 0.25) is 5.54 Å². The minimum atomic E-state index is -1.50. The Morgan fingerprint density at radius 2 is 1.67 bits per heavy atom. The van der Waals surface area contributed by atoms with Crippen molar-refractivity contribution in [3.05, 3.63) is 0 Å². The molecule has 0 aromatic heterocycles. The van der Waals surface area contributed by atoms with Crippen LogP contribution in [0.4, 0.5) is 0 Å². The minimum Gasteiger partial charge on any atom is -0.397 e. The Labute approximate surface area is 96.2 Å². The molecule has 0 spiro atoms. The first-order valence-electron chi connectivity index (χ1n) is 6.14. The molecule has 0 aliphatic rings. The molecule has 0 aliphatic heterocycles. The number of hydrogen-bond acceptors (Lipinski definition) is 3. The highest BCUT2D eigenvalue weighted by molar-refractivity contribution is 6.46. The molecule has 0 aromatic rings. The third-order valence-corrected chi connectivity index (χ3v) is 5.08. The summed E-state index contributed by atoms with van der Waals surface area (Å²) < 4.78 is 11.5. The van der Waals surface area contributed by atoms with Crippen molar-refractivity contribution < 1.29 is 8.85 Å². The summed E-state index contributed by atoms with van der Waals surface area (Å²) in [4.78, 5) is 0. The van der Waals surface area contributed by atoms with Crippen LogP contribution in [0.1, 0.15) is 47.0 Å². The van der Waals surface area contributed by atoms with Crippen LogP contribution >= 0.6 is 0 Å². The normalized spacial score (nSPS) is 15.6. The molecule has 3 nitrogen and oxygen atoms in total. The van der Waals surface area contributed by atoms with Crippen LogP contribution in [-0.4, -0.2) is 28.5 Å². The van der Waals surface area contributed by atoms with E-state index in [9.17, 15) is 0 Å². The van der Waals surface area contributed by atoms with Gasteiger partial charge in [-0.2, -0.15) is 0 Å². The van der Waals surface area contributed by atoms with Gasteiger partial charge < -0.3 is 14.6 Å². The lowest BCUT2D eigenvalue weighted by Crippen LogP contribution is -2.32. The van der Waals surface area contributed by atoms with Gasteiger partial charge in [0.1, 0.15) is 0 Å². The maximum atomic E-state index is 5.86. The molecule has 0 aromatic carbocycles. The Balaban J connectivity index is 4.22. The molecule has 0 rings (SSSR count). The van der Waals surface area contributed by atoms with E-state index >= 15 is 0 Å². The molecule has 0 saturated heterocycles. The average molecular weight is 233 g/mol. The molecule has 2 atom stereocenters. The van der Waals surface area contributed by atoms with Gasteiger partial charge in [0.25, 0.3) is 0 Å². The van der Waals surface area contributed by atoms with Crippen molar-refractivity contribution in [2.24, 2.45) is 5.73 Å². The topological polar surface area (TPSA) is 44.5 Å². The van der Waals surface area contributed by atoms with E-state index in [2.05, 4.69) is 13.8 Å². The average Bonchev–Trinajstić information content (AvgIpc) is 2.16. The number of nitrogens with two attached hydrogens (primary N) is 1. The minimum absolute atomic E-state index is 0.248. The van der Waals surface area contributed by atoms with Crippen molar-refractivity contribution in [1.82, 2.24) is 0 Å². The highest BCUT2D eigenvalue weighted by Gasteiger charge is 2.25. The van der Waals surface area contributed by atoms with Gasteiger partial charge in [-0.3, -0.25) is 0 Å². The summed E-state index contributed by atoms with van der Waals surface area (Å²) >= 11 is 0. The van der Waals surface area contributed by atoms with Crippen molar-refractivity contribution in [2.75, 3.05) is 13.2 Å². The Kier molecular flexibility index (Phi) is 9.39. The van der Waals surface area contributed by atoms with E-state index in [0.29, 0.717) is 5.54 Å². The Morgan fingerprint density at radius 1 is 1.13 bits per heavy atom. The van der Waals surface area contributed by atoms with E-state index < -0.39 is 9.28 Å². The van der Waals surface area contributed by atoms with Crippen LogP contribution in [0.25, 0.3) is 0 Å². The van der Waals surface area contributed by atoms with E-state index in [-0.39, 0.29) is 6.04 Å². The zero-order chi connectivity index (χ0) is 11.7. The second kappa shape index (κ2) is 9.33. The second-order valence-electron chi connectivity index (χ2n) is 4.04. The van der Waals surface area contributed by atoms with Crippen LogP contribution in [-0.2, 0) is 8.85 Å². The van der Waals surface area contributed by atoms with Crippen molar-refractivity contribution in [2.45, 2.75) is 58.5 Å². The SMILES string of the molecule is CCCC(CC(C)N)[SiH](OCC)OCC. The van der Waals surface area contributed by atoms with Crippen LogP contribution in [0.3, 0.4) is 0 Å². The van der Waals surface area contributed by atoms with Crippen LogP contribution in [0, 0.1) is 0 Å². The molecule has 0 amide bonds. The van der Waals surface area contributed by atoms with Gasteiger partial charge >= 0.3 is 9.28 Å². The fraction of sp³-hybridized carbons (Fsp3) is 1.00. The van der Waals surface area contributed by atoms with E-state index in [4.69, 9.17) is 14.6 Å². The molecule has 92 valence electrons. The van der Waals surface area contributed by atoms with Crippen LogP contribution in [0.15, 0.2) is 0 Å². The van der Waals surface area contributed by atoms with Gasteiger partial charge in [0, 0.05) is 24.8 Å². The molecule has 2 N–H and O–H groups in total. The predicted molar refractivity (Wildman–Crippen MR) is 67.3 cm³/mol. The van der Waals surface area contributed by atoms with Gasteiger partial charge in [-0.25, -0.2) is 0 Å². The first kappa shape index (κ1) is 15.1. The molecule has 4 heteroatoms. The Hall–Kier alpha value is 0.0969. The lowest BCUT2D eigenvalue weighted by molar-refractivity contribution is 0.199. The molecule has 0 bridgehead atoms. The van der Waals surface area contributed by atoms with Gasteiger partial charge in [0.05, 0.1) is 0 Å². The van der Waals surface area contributed by atoms with Gasteiger partial charge in [0.15, 0.2) is 0 Å². The smallest absolute Gasteiger partial charge is 0.324 e. The maximum absolute atomic E-state index is 5.86. The monoisotopic (exact) mass is 233 g/mol. The van der Waals surface area contributed by atoms with Crippen molar-refractivity contribution in [3.8, 4) is 0 Å². The van der Waals surface area contributed by atoms with Gasteiger partial charge in [-0.05, 0) is 33.6 Å². The summed E-state index contributed by atoms with van der Waals surface area (Å²) in [6.45, 7) is 9.86. The van der Waals surface area contributed by atoms with Crippen molar-refractivity contribution in [3.63, 3.8) is 0 Å². The summed E-state index contributed by atoms with van der Waals surface area (Å²) in [7, 11) is -1.50. The molecular weight excluding hydrogens is 206 g/mol. The highest BCUT2D eigenvalue weighted by atomic mass is 28.3. The van der Waals surface area contributed by atoms with E-state index in [1.165, 1.54) is 12.8 Å². The third-order valence-electron chi connectivity index (χ3n) is 2.38. The molecule has 0 radical (unpaired) electrons. The molecule has 0 saturated carbocycles. The highest BCUT2D eigenvalue weighted by Crippen LogP contribution is 2.24. The van der Waals surface area contributed by atoms with Gasteiger partial charge in [0.2, 0.25) is 0 Å². The summed E-state index contributed by atoms with van der Waals surface area (Å²) in [5, 5.41) is 0. The second-order valence-corrected chi connectivity index (χ2v) is 6.39. The molecule has 0 fully saturated rings. The van der Waals surface area contributed by atoms with Gasteiger partial charge in [-0.1, -0.05) is 13.3 Å². The Morgan fingerprint density at radius 3 is 2.00 bits per heavy atom. The fourth-order valence-corrected chi connectivity index (χ4v) is 4.42.